The minimum atomic E-state index is -3.10. The number of benzene rings is 1. The number of hydrogen-bond donors (Lipinski definition) is 2. The van der Waals surface area contributed by atoms with Gasteiger partial charge in [0.15, 0.2) is 9.84 Å². The van der Waals surface area contributed by atoms with Crippen LogP contribution < -0.4 is 10.6 Å². The van der Waals surface area contributed by atoms with Crippen molar-refractivity contribution in [2.24, 2.45) is 11.1 Å². The Hall–Kier alpha value is -3.02. The van der Waals surface area contributed by atoms with Gasteiger partial charge in [-0.25, -0.2) is 18.4 Å². The number of aromatic nitrogens is 3. The first kappa shape index (κ1) is 23.4. The highest BCUT2D eigenvalue weighted by Gasteiger charge is 2.44. The van der Waals surface area contributed by atoms with E-state index >= 15 is 0 Å². The second-order valence-electron chi connectivity index (χ2n) is 10.3. The largest absolute Gasteiger partial charge is 0.364 e. The Bertz CT molecular complexity index is 1590. The molecule has 0 saturated carbocycles. The molecule has 2 aliphatic rings. The number of sulfone groups is 1. The van der Waals surface area contributed by atoms with Crippen molar-refractivity contribution in [2.45, 2.75) is 25.1 Å². The minimum Gasteiger partial charge on any atom is -0.364 e. The van der Waals surface area contributed by atoms with E-state index in [4.69, 9.17) is 5.73 Å². The molecule has 1 amide bonds. The van der Waals surface area contributed by atoms with Gasteiger partial charge in [0.05, 0.1) is 11.1 Å². The first-order valence-electron chi connectivity index (χ1n) is 12.0. The number of likely N-dealkylation sites (tertiary alicyclic amines) is 1. The average molecular weight is 525 g/mol. The number of aromatic amines is 1. The van der Waals surface area contributed by atoms with E-state index in [2.05, 4.69) is 36.9 Å². The predicted molar refractivity (Wildman–Crippen MR) is 142 cm³/mol. The van der Waals surface area contributed by atoms with Crippen molar-refractivity contribution >= 4 is 54.0 Å². The van der Waals surface area contributed by atoms with Gasteiger partial charge >= 0.3 is 0 Å². The third kappa shape index (κ3) is 4.46. The number of amides is 1. The van der Waals surface area contributed by atoms with Crippen molar-refractivity contribution < 1.29 is 13.2 Å². The van der Waals surface area contributed by atoms with Gasteiger partial charge in [-0.3, -0.25) is 9.69 Å². The Morgan fingerprint density at radius 3 is 2.81 bits per heavy atom. The maximum Gasteiger partial charge on any atom is 0.265 e. The zero-order valence-corrected chi connectivity index (χ0v) is 21.7. The zero-order chi connectivity index (χ0) is 25.1. The number of nitrogens with two attached hydrogens (primary N) is 1. The summed E-state index contributed by atoms with van der Waals surface area (Å²) in [7, 11) is -3.10. The van der Waals surface area contributed by atoms with Crippen LogP contribution >= 0.6 is 11.3 Å². The lowest BCUT2D eigenvalue weighted by Gasteiger charge is -2.25. The number of nitrogens with zero attached hydrogens (tertiary/aromatic N) is 4. The Labute approximate surface area is 213 Å². The van der Waals surface area contributed by atoms with Crippen LogP contribution in [0.15, 0.2) is 36.7 Å². The summed E-state index contributed by atoms with van der Waals surface area (Å²) in [6.07, 6.45) is 5.09. The lowest BCUT2D eigenvalue weighted by molar-refractivity contribution is 0.0996. The molecule has 188 valence electrons. The molecule has 5 heterocycles. The second-order valence-corrected chi connectivity index (χ2v) is 13.6. The number of rotatable bonds is 6. The number of thiophene rings is 1. The summed E-state index contributed by atoms with van der Waals surface area (Å²) in [5, 5.41) is 1.93. The summed E-state index contributed by atoms with van der Waals surface area (Å²) < 4.78 is 23.6. The second kappa shape index (κ2) is 8.53. The van der Waals surface area contributed by atoms with Crippen molar-refractivity contribution in [3.8, 4) is 0 Å². The zero-order valence-electron chi connectivity index (χ0n) is 20.0. The van der Waals surface area contributed by atoms with Crippen LogP contribution in [0.3, 0.4) is 0 Å². The molecule has 4 aromatic rings. The number of H-pyrrole nitrogens is 1. The number of anilines is 1. The molecule has 0 radical (unpaired) electrons. The summed E-state index contributed by atoms with van der Waals surface area (Å²) in [6.45, 7) is 4.79. The summed E-state index contributed by atoms with van der Waals surface area (Å²) >= 11 is 1.43. The van der Waals surface area contributed by atoms with Crippen LogP contribution in [0.1, 0.15) is 33.8 Å². The molecular formula is C25H28N6O3S2. The van der Waals surface area contributed by atoms with Crippen LogP contribution in [-0.2, 0) is 22.1 Å². The van der Waals surface area contributed by atoms with Crippen LogP contribution in [0.5, 0.6) is 0 Å². The van der Waals surface area contributed by atoms with Crippen molar-refractivity contribution in [1.29, 1.82) is 0 Å². The lowest BCUT2D eigenvalue weighted by atomic mass is 9.86. The fourth-order valence-corrected chi connectivity index (χ4v) is 8.01. The number of primary amides is 1. The van der Waals surface area contributed by atoms with Crippen LogP contribution in [-0.4, -0.2) is 66.6 Å². The highest BCUT2D eigenvalue weighted by molar-refractivity contribution is 7.90. The molecule has 36 heavy (non-hydrogen) atoms. The molecule has 2 saturated heterocycles. The summed E-state index contributed by atoms with van der Waals surface area (Å²) in [5.41, 5.74) is 8.20. The number of carbonyl (C=O) groups excluding carboxylic acids is 1. The molecular weight excluding hydrogens is 496 g/mol. The summed E-state index contributed by atoms with van der Waals surface area (Å²) in [5.74, 6) is 0.494. The molecule has 0 bridgehead atoms. The lowest BCUT2D eigenvalue weighted by Crippen LogP contribution is -2.31. The van der Waals surface area contributed by atoms with Gasteiger partial charge in [0, 0.05) is 53.6 Å². The van der Waals surface area contributed by atoms with Gasteiger partial charge in [-0.05, 0) is 43.1 Å². The molecule has 1 unspecified atom stereocenters. The van der Waals surface area contributed by atoms with Crippen LogP contribution in [0.25, 0.3) is 21.1 Å². The maximum atomic E-state index is 11.8. The van der Waals surface area contributed by atoms with E-state index in [9.17, 15) is 13.2 Å². The van der Waals surface area contributed by atoms with Crippen molar-refractivity contribution in [3.05, 3.63) is 52.8 Å². The minimum absolute atomic E-state index is 0.0322. The highest BCUT2D eigenvalue weighted by Crippen LogP contribution is 2.43. The molecule has 1 spiro atoms. The van der Waals surface area contributed by atoms with Crippen molar-refractivity contribution in [1.82, 2.24) is 19.9 Å². The van der Waals surface area contributed by atoms with Gasteiger partial charge in [0.1, 0.15) is 22.7 Å². The SMILES string of the molecule is CS(=O)(=O)Cc1cc2c(N3CCC4(CCN(Cc5ccc6cc(C(N)=O)[nH]c6c5)C4)C3)ncnc2s1. The first-order chi connectivity index (χ1) is 17.2. The van der Waals surface area contributed by atoms with Gasteiger partial charge in [0.25, 0.3) is 5.91 Å². The topological polar surface area (TPSA) is 125 Å². The fraction of sp³-hybridized carbons (Fsp3) is 0.400. The van der Waals surface area contributed by atoms with E-state index in [1.54, 1.807) is 12.4 Å². The molecule has 3 aromatic heterocycles. The smallest absolute Gasteiger partial charge is 0.265 e. The molecule has 3 N–H and O–H groups in total. The van der Waals surface area contributed by atoms with Crippen LogP contribution in [0.4, 0.5) is 5.82 Å². The Balaban J connectivity index is 1.16. The van der Waals surface area contributed by atoms with Gasteiger partial charge in [0.2, 0.25) is 0 Å². The Kier molecular flexibility index (Phi) is 5.54. The number of hydrogen-bond acceptors (Lipinski definition) is 8. The third-order valence-electron chi connectivity index (χ3n) is 7.38. The summed E-state index contributed by atoms with van der Waals surface area (Å²) in [6, 6.07) is 10.0. The van der Waals surface area contributed by atoms with Gasteiger partial charge in [-0.15, -0.1) is 11.3 Å². The normalized spacial score (nSPS) is 20.9. The predicted octanol–water partition coefficient (Wildman–Crippen LogP) is 2.92. The Morgan fingerprint density at radius 2 is 2.00 bits per heavy atom. The molecule has 1 aromatic carbocycles. The van der Waals surface area contributed by atoms with E-state index < -0.39 is 15.7 Å². The summed E-state index contributed by atoms with van der Waals surface area (Å²) in [4.78, 5) is 30.1. The number of nitrogens with one attached hydrogen (secondary N) is 1. The monoisotopic (exact) mass is 524 g/mol. The van der Waals surface area contributed by atoms with Crippen molar-refractivity contribution in [2.75, 3.05) is 37.3 Å². The molecule has 0 aliphatic carbocycles. The molecule has 1 atom stereocenters. The fourth-order valence-electron chi connectivity index (χ4n) is 5.75. The van der Waals surface area contributed by atoms with E-state index in [1.807, 2.05) is 12.1 Å². The quantitative estimate of drug-likeness (QED) is 0.397. The van der Waals surface area contributed by atoms with Gasteiger partial charge < -0.3 is 15.6 Å². The molecule has 9 nitrogen and oxygen atoms in total. The van der Waals surface area contributed by atoms with E-state index in [1.165, 1.54) is 23.2 Å². The van der Waals surface area contributed by atoms with E-state index in [0.29, 0.717) is 5.69 Å². The van der Waals surface area contributed by atoms with E-state index in [0.717, 1.165) is 77.4 Å². The Morgan fingerprint density at radius 1 is 1.17 bits per heavy atom. The third-order valence-corrected chi connectivity index (χ3v) is 9.44. The molecule has 6 rings (SSSR count). The highest BCUT2D eigenvalue weighted by atomic mass is 32.2. The van der Waals surface area contributed by atoms with Crippen LogP contribution in [0, 0.1) is 5.41 Å². The van der Waals surface area contributed by atoms with Crippen molar-refractivity contribution in [3.63, 3.8) is 0 Å². The number of fused-ring (bicyclic) bond motifs is 2. The average Bonchev–Trinajstić information content (AvgIpc) is 3.58. The maximum absolute atomic E-state index is 11.8. The first-order valence-corrected chi connectivity index (χ1v) is 14.8. The molecule has 2 aliphatic heterocycles. The van der Waals surface area contributed by atoms with Gasteiger partial charge in [-0.1, -0.05) is 12.1 Å². The standard InChI is InChI=1S/C25H28N6O3S2/c1-36(33,34)12-18-10-19-23(27-15-28-24(19)35-18)31-7-5-25(14-31)4-6-30(13-25)11-16-2-3-17-9-21(22(26)32)29-20(17)8-16/h2-3,8-10,15,29H,4-7,11-14H2,1H3,(H2,26,32). The van der Waals surface area contributed by atoms with Crippen LogP contribution in [0.2, 0.25) is 0 Å². The van der Waals surface area contributed by atoms with E-state index in [-0.39, 0.29) is 11.2 Å². The molecule has 2 fully saturated rings. The number of carbonyl (C=O) groups is 1. The van der Waals surface area contributed by atoms with Gasteiger partial charge in [-0.2, -0.15) is 0 Å². The molecule has 11 heteroatoms.